The van der Waals surface area contributed by atoms with Crippen molar-refractivity contribution in [3.63, 3.8) is 0 Å². The van der Waals surface area contributed by atoms with Crippen LogP contribution in [0.1, 0.15) is 53.1 Å². The first-order valence-electron chi connectivity index (χ1n) is 9.42. The maximum Gasteiger partial charge on any atom is 0.341 e. The average molecular weight is 424 g/mol. The Morgan fingerprint density at radius 1 is 1.21 bits per heavy atom. The molecule has 8 heteroatoms. The summed E-state index contributed by atoms with van der Waals surface area (Å²) in [6, 6.07) is 5.10. The zero-order valence-electron chi connectivity index (χ0n) is 16.3. The fourth-order valence-electron chi connectivity index (χ4n) is 3.39. The molecule has 1 N–H and O–H groups in total. The minimum absolute atomic E-state index is 0.0653. The number of anilines is 1. The molecule has 2 aromatic rings. The Labute approximate surface area is 169 Å². The summed E-state index contributed by atoms with van der Waals surface area (Å²) in [6.45, 7) is 3.93. The number of sulfonamides is 1. The molecule has 1 aromatic heterocycles. The molecule has 1 aliphatic carbocycles. The number of rotatable bonds is 7. The number of benzene rings is 1. The van der Waals surface area contributed by atoms with Crippen molar-refractivity contribution in [3.05, 3.63) is 39.8 Å². The van der Waals surface area contributed by atoms with Gasteiger partial charge >= 0.3 is 5.97 Å². The summed E-state index contributed by atoms with van der Waals surface area (Å²) in [5.41, 5.74) is 2.16. The van der Waals surface area contributed by atoms with Gasteiger partial charge in [-0.15, -0.1) is 11.3 Å². The second-order valence-corrected chi connectivity index (χ2v) is 9.34. The third kappa shape index (κ3) is 4.03. The van der Waals surface area contributed by atoms with Crippen LogP contribution in [0.15, 0.2) is 23.1 Å². The van der Waals surface area contributed by atoms with Crippen LogP contribution in [-0.2, 0) is 34.0 Å². The van der Waals surface area contributed by atoms with Gasteiger partial charge in [0.15, 0.2) is 0 Å². The topological polar surface area (TPSA) is 81.7 Å². The number of ether oxygens (including phenoxy) is 2. The van der Waals surface area contributed by atoms with Gasteiger partial charge in [0.05, 0.1) is 19.3 Å². The van der Waals surface area contributed by atoms with Gasteiger partial charge in [-0.05, 0) is 62.3 Å². The van der Waals surface area contributed by atoms with Crippen molar-refractivity contribution >= 4 is 32.3 Å². The Hall–Kier alpha value is -2.06. The third-order valence-corrected chi connectivity index (χ3v) is 7.51. The highest BCUT2D eigenvalue weighted by atomic mass is 32.2. The maximum atomic E-state index is 13.2. The first-order chi connectivity index (χ1) is 13.4. The molecule has 0 saturated heterocycles. The second kappa shape index (κ2) is 8.53. The van der Waals surface area contributed by atoms with Crippen molar-refractivity contribution in [2.45, 2.75) is 50.8 Å². The van der Waals surface area contributed by atoms with Crippen molar-refractivity contribution < 1.29 is 22.7 Å². The van der Waals surface area contributed by atoms with Gasteiger partial charge in [-0.1, -0.05) is 13.0 Å². The number of aryl methyl sites for hydroxylation is 2. The second-order valence-electron chi connectivity index (χ2n) is 6.58. The van der Waals surface area contributed by atoms with Crippen molar-refractivity contribution in [1.82, 2.24) is 0 Å². The van der Waals surface area contributed by atoms with E-state index in [1.54, 1.807) is 19.1 Å². The summed E-state index contributed by atoms with van der Waals surface area (Å²) in [6.07, 6.45) is 4.33. The van der Waals surface area contributed by atoms with E-state index < -0.39 is 16.0 Å². The lowest BCUT2D eigenvalue weighted by Gasteiger charge is -2.14. The molecule has 0 spiro atoms. The first kappa shape index (κ1) is 20.7. The third-order valence-electron chi connectivity index (χ3n) is 4.80. The molecule has 0 radical (unpaired) electrons. The highest BCUT2D eigenvalue weighted by Crippen LogP contribution is 2.40. The number of thiophene rings is 1. The smallest absolute Gasteiger partial charge is 0.341 e. The van der Waals surface area contributed by atoms with E-state index in [4.69, 9.17) is 9.47 Å². The number of fused-ring (bicyclic) bond motifs is 1. The molecule has 0 unspecified atom stereocenters. The van der Waals surface area contributed by atoms with Crippen LogP contribution >= 0.6 is 11.3 Å². The predicted molar refractivity (Wildman–Crippen MR) is 110 cm³/mol. The highest BCUT2D eigenvalue weighted by Gasteiger charge is 2.30. The molecule has 1 aliphatic rings. The van der Waals surface area contributed by atoms with Gasteiger partial charge in [0.2, 0.25) is 0 Å². The van der Waals surface area contributed by atoms with E-state index in [0.717, 1.165) is 41.7 Å². The van der Waals surface area contributed by atoms with E-state index in [9.17, 15) is 13.2 Å². The molecule has 3 rings (SSSR count). The van der Waals surface area contributed by atoms with Crippen molar-refractivity contribution in [3.8, 4) is 5.75 Å². The number of carbonyl (C=O) groups excluding carboxylic acids is 1. The summed E-state index contributed by atoms with van der Waals surface area (Å²) in [7, 11) is -2.49. The molecule has 1 heterocycles. The number of hydrogen-bond donors (Lipinski definition) is 1. The molecule has 0 amide bonds. The fourth-order valence-corrected chi connectivity index (χ4v) is 6.19. The quantitative estimate of drug-likeness (QED) is 0.676. The number of esters is 1. The summed E-state index contributed by atoms with van der Waals surface area (Å²) in [4.78, 5) is 13.7. The van der Waals surface area contributed by atoms with Crippen LogP contribution in [0.2, 0.25) is 0 Å². The van der Waals surface area contributed by atoms with E-state index in [0.29, 0.717) is 17.0 Å². The van der Waals surface area contributed by atoms with Gasteiger partial charge in [-0.2, -0.15) is 0 Å². The molecule has 0 bridgehead atoms. The molecule has 6 nitrogen and oxygen atoms in total. The molecule has 0 saturated carbocycles. The van der Waals surface area contributed by atoms with E-state index in [-0.39, 0.29) is 17.3 Å². The van der Waals surface area contributed by atoms with Crippen molar-refractivity contribution in [2.75, 3.05) is 18.4 Å². The minimum Gasteiger partial charge on any atom is -0.495 e. The van der Waals surface area contributed by atoms with E-state index in [2.05, 4.69) is 4.72 Å². The lowest BCUT2D eigenvalue weighted by molar-refractivity contribution is 0.0526. The van der Waals surface area contributed by atoms with Crippen LogP contribution in [0, 0.1) is 0 Å². The van der Waals surface area contributed by atoms with Gasteiger partial charge in [0.25, 0.3) is 10.0 Å². The molecular formula is C20H25NO5S2. The molecular weight excluding hydrogens is 398 g/mol. The van der Waals surface area contributed by atoms with Crippen LogP contribution in [0.4, 0.5) is 5.00 Å². The Kier molecular flexibility index (Phi) is 6.30. The van der Waals surface area contributed by atoms with Crippen LogP contribution in [0.3, 0.4) is 0 Å². The van der Waals surface area contributed by atoms with Gasteiger partial charge in [-0.25, -0.2) is 13.2 Å². The largest absolute Gasteiger partial charge is 0.495 e. The van der Waals surface area contributed by atoms with Crippen LogP contribution in [0.25, 0.3) is 0 Å². The average Bonchev–Trinajstić information content (AvgIpc) is 3.04. The Morgan fingerprint density at radius 3 is 2.64 bits per heavy atom. The van der Waals surface area contributed by atoms with Gasteiger partial charge in [0.1, 0.15) is 15.6 Å². The minimum atomic E-state index is -3.93. The summed E-state index contributed by atoms with van der Waals surface area (Å²) < 4.78 is 39.4. The number of hydrogen-bond acceptors (Lipinski definition) is 6. The zero-order valence-corrected chi connectivity index (χ0v) is 18.0. The van der Waals surface area contributed by atoms with Gasteiger partial charge in [-0.3, -0.25) is 4.72 Å². The summed E-state index contributed by atoms with van der Waals surface area (Å²) in [5, 5.41) is 0.328. The molecule has 0 aliphatic heterocycles. The fraction of sp³-hybridized carbons (Fsp3) is 0.450. The van der Waals surface area contributed by atoms with E-state index in [1.165, 1.54) is 18.4 Å². The van der Waals surface area contributed by atoms with Crippen LogP contribution < -0.4 is 9.46 Å². The van der Waals surface area contributed by atoms with Crippen molar-refractivity contribution in [2.24, 2.45) is 0 Å². The lowest BCUT2D eigenvalue weighted by atomic mass is 9.95. The Morgan fingerprint density at radius 2 is 1.96 bits per heavy atom. The summed E-state index contributed by atoms with van der Waals surface area (Å²) in [5.74, 6) is -0.211. The molecule has 152 valence electrons. The first-order valence-corrected chi connectivity index (χ1v) is 11.7. The lowest BCUT2D eigenvalue weighted by Crippen LogP contribution is -2.17. The standard InChI is InChI=1S/C20H25NO5S2/c1-4-13-10-11-15(25-3)17(12-13)28(23,24)21-19-18(20(22)26-5-2)14-8-6-7-9-16(14)27-19/h10-12,21H,4-9H2,1-3H3. The number of carbonyl (C=O) groups is 1. The zero-order chi connectivity index (χ0) is 20.3. The normalized spacial score (nSPS) is 13.7. The monoisotopic (exact) mass is 423 g/mol. The van der Waals surface area contributed by atoms with Crippen LogP contribution in [0.5, 0.6) is 5.75 Å². The van der Waals surface area contributed by atoms with Crippen LogP contribution in [-0.4, -0.2) is 28.1 Å². The Bertz CT molecular complexity index is 979. The van der Waals surface area contributed by atoms with E-state index >= 15 is 0 Å². The summed E-state index contributed by atoms with van der Waals surface area (Å²) >= 11 is 1.33. The Balaban J connectivity index is 2.06. The molecule has 1 aromatic carbocycles. The van der Waals surface area contributed by atoms with Gasteiger partial charge < -0.3 is 9.47 Å². The molecule has 0 atom stereocenters. The molecule has 28 heavy (non-hydrogen) atoms. The number of methoxy groups -OCH3 is 1. The number of nitrogens with one attached hydrogen (secondary N) is 1. The SMILES string of the molecule is CCOC(=O)c1c(NS(=O)(=O)c2cc(CC)ccc2OC)sc2c1CCCC2. The van der Waals surface area contributed by atoms with Gasteiger partial charge in [0, 0.05) is 4.88 Å². The highest BCUT2D eigenvalue weighted by molar-refractivity contribution is 7.93. The maximum absolute atomic E-state index is 13.2. The molecule has 0 fully saturated rings. The predicted octanol–water partition coefficient (Wildman–Crippen LogP) is 4.18. The van der Waals surface area contributed by atoms with Crippen molar-refractivity contribution in [1.29, 1.82) is 0 Å². The van der Waals surface area contributed by atoms with E-state index in [1.807, 2.05) is 13.0 Å².